The molecule has 0 aliphatic heterocycles. The number of fused-ring (bicyclic) bond motifs is 2. The number of rotatable bonds is 4. The lowest BCUT2D eigenvalue weighted by atomic mass is 10.1. The minimum absolute atomic E-state index is 0.227. The maximum absolute atomic E-state index is 12.9. The van der Waals surface area contributed by atoms with E-state index in [0.29, 0.717) is 33.6 Å². The number of aromatic amines is 2. The molecule has 3 N–H and O–H groups in total. The highest BCUT2D eigenvalue weighted by Gasteiger charge is 2.21. The molecule has 0 saturated heterocycles. The quantitative estimate of drug-likeness (QED) is 0.516. The van der Waals surface area contributed by atoms with E-state index in [-0.39, 0.29) is 17.6 Å². The maximum Gasteiger partial charge on any atom is 0.323 e. The minimum Gasteiger partial charge on any atom is -0.497 e. The Bertz CT molecular complexity index is 1220. The molecule has 0 radical (unpaired) electrons. The summed E-state index contributed by atoms with van der Waals surface area (Å²) in [5, 5.41) is 3.71. The van der Waals surface area contributed by atoms with Crippen LogP contribution < -0.4 is 15.7 Å². The van der Waals surface area contributed by atoms with Gasteiger partial charge in [-0.25, -0.2) is 4.79 Å². The van der Waals surface area contributed by atoms with E-state index in [1.54, 1.807) is 32.2 Å². The fraction of sp³-hybridized carbons (Fsp3) is 0.200. The van der Waals surface area contributed by atoms with Gasteiger partial charge in [0.15, 0.2) is 0 Å². The number of hydrogen-bond acceptors (Lipinski definition) is 4. The van der Waals surface area contributed by atoms with Crippen molar-refractivity contribution >= 4 is 27.9 Å². The van der Waals surface area contributed by atoms with Gasteiger partial charge in [0, 0.05) is 5.39 Å². The molecule has 1 unspecified atom stereocenters. The smallest absolute Gasteiger partial charge is 0.323 e. The molecule has 138 valence electrons. The Kier molecular flexibility index (Phi) is 3.99. The van der Waals surface area contributed by atoms with Crippen molar-refractivity contribution in [1.82, 2.24) is 15.3 Å². The number of furan rings is 1. The van der Waals surface area contributed by atoms with Gasteiger partial charge in [-0.1, -0.05) is 6.07 Å². The highest BCUT2D eigenvalue weighted by Crippen LogP contribution is 2.29. The van der Waals surface area contributed by atoms with Crippen LogP contribution in [0.4, 0.5) is 0 Å². The van der Waals surface area contributed by atoms with Crippen LogP contribution in [0.3, 0.4) is 0 Å². The van der Waals surface area contributed by atoms with E-state index in [1.807, 2.05) is 25.1 Å². The van der Waals surface area contributed by atoms with Crippen LogP contribution in [-0.2, 0) is 0 Å². The second-order valence-electron chi connectivity index (χ2n) is 6.47. The number of imidazole rings is 1. The number of ether oxygens (including phenoxy) is 1. The molecule has 0 bridgehead atoms. The van der Waals surface area contributed by atoms with E-state index >= 15 is 0 Å². The molecule has 1 amide bonds. The van der Waals surface area contributed by atoms with Crippen molar-refractivity contribution in [2.24, 2.45) is 0 Å². The summed E-state index contributed by atoms with van der Waals surface area (Å²) in [6.07, 6.45) is 0. The van der Waals surface area contributed by atoms with Gasteiger partial charge in [0.1, 0.15) is 17.1 Å². The summed E-state index contributed by atoms with van der Waals surface area (Å²) >= 11 is 0. The van der Waals surface area contributed by atoms with Gasteiger partial charge in [0.2, 0.25) is 0 Å². The summed E-state index contributed by atoms with van der Waals surface area (Å²) in [7, 11) is 1.58. The van der Waals surface area contributed by atoms with Crippen LogP contribution in [0.25, 0.3) is 22.0 Å². The van der Waals surface area contributed by atoms with Crippen molar-refractivity contribution in [3.05, 3.63) is 63.8 Å². The molecule has 0 aliphatic rings. The number of carbonyl (C=O) groups is 1. The third-order valence-electron chi connectivity index (χ3n) is 4.69. The molecule has 7 nitrogen and oxygen atoms in total. The largest absolute Gasteiger partial charge is 0.497 e. The normalized spacial score (nSPS) is 12.4. The first-order chi connectivity index (χ1) is 13.0. The standard InChI is InChI=1S/C20H19N3O4/c1-10(12-4-6-15-16(8-12)23-20(25)22-15)21-19(24)18-11(2)27-17-7-5-13(26-3)9-14(17)18/h4-10H,1-3H3,(H,21,24)(H2,22,23,25). The molecular formula is C20H19N3O4. The summed E-state index contributed by atoms with van der Waals surface area (Å²) in [4.78, 5) is 29.8. The Labute approximate surface area is 154 Å². The van der Waals surface area contributed by atoms with Gasteiger partial charge in [-0.15, -0.1) is 0 Å². The Morgan fingerprint density at radius 2 is 1.93 bits per heavy atom. The van der Waals surface area contributed by atoms with E-state index in [0.717, 1.165) is 11.1 Å². The molecule has 0 aliphatic carbocycles. The lowest BCUT2D eigenvalue weighted by Gasteiger charge is -2.14. The monoisotopic (exact) mass is 365 g/mol. The van der Waals surface area contributed by atoms with Gasteiger partial charge in [-0.2, -0.15) is 0 Å². The van der Waals surface area contributed by atoms with Crippen molar-refractivity contribution in [1.29, 1.82) is 0 Å². The third-order valence-corrected chi connectivity index (χ3v) is 4.69. The Balaban J connectivity index is 1.65. The molecule has 4 rings (SSSR count). The summed E-state index contributed by atoms with van der Waals surface area (Å²) in [6.45, 7) is 3.66. The average molecular weight is 365 g/mol. The van der Waals surface area contributed by atoms with Crippen LogP contribution in [-0.4, -0.2) is 23.0 Å². The van der Waals surface area contributed by atoms with Crippen molar-refractivity contribution < 1.29 is 13.9 Å². The predicted molar refractivity (Wildman–Crippen MR) is 102 cm³/mol. The number of aryl methyl sites for hydroxylation is 1. The minimum atomic E-state index is -0.256. The van der Waals surface area contributed by atoms with Crippen LogP contribution in [0.2, 0.25) is 0 Å². The van der Waals surface area contributed by atoms with Crippen LogP contribution in [0, 0.1) is 6.92 Å². The zero-order valence-electron chi connectivity index (χ0n) is 15.2. The number of H-pyrrole nitrogens is 2. The number of aromatic nitrogens is 2. The molecule has 0 spiro atoms. The molecule has 2 aromatic heterocycles. The van der Waals surface area contributed by atoms with Gasteiger partial charge in [-0.3, -0.25) is 4.79 Å². The predicted octanol–water partition coefficient (Wildman–Crippen LogP) is 3.41. The van der Waals surface area contributed by atoms with Gasteiger partial charge in [0.25, 0.3) is 5.91 Å². The van der Waals surface area contributed by atoms with Crippen molar-refractivity contribution in [3.8, 4) is 5.75 Å². The zero-order chi connectivity index (χ0) is 19.1. The molecule has 0 fully saturated rings. The molecule has 0 saturated carbocycles. The fourth-order valence-corrected chi connectivity index (χ4v) is 3.28. The lowest BCUT2D eigenvalue weighted by molar-refractivity contribution is 0.0940. The maximum atomic E-state index is 12.9. The fourth-order valence-electron chi connectivity index (χ4n) is 3.28. The lowest BCUT2D eigenvalue weighted by Crippen LogP contribution is -2.27. The Hall–Kier alpha value is -3.48. The molecule has 7 heteroatoms. The van der Waals surface area contributed by atoms with Crippen molar-refractivity contribution in [3.63, 3.8) is 0 Å². The van der Waals surface area contributed by atoms with Gasteiger partial charge < -0.3 is 24.4 Å². The number of benzene rings is 2. The first-order valence-corrected chi connectivity index (χ1v) is 8.56. The highest BCUT2D eigenvalue weighted by atomic mass is 16.5. The number of carbonyl (C=O) groups excluding carboxylic acids is 1. The molecule has 1 atom stereocenters. The molecule has 4 aromatic rings. The molecular weight excluding hydrogens is 346 g/mol. The zero-order valence-corrected chi connectivity index (χ0v) is 15.2. The SMILES string of the molecule is COc1ccc2oc(C)c(C(=O)NC(C)c3ccc4[nH]c(=O)[nH]c4c3)c2c1. The van der Waals surface area contributed by atoms with Gasteiger partial charge in [-0.05, 0) is 49.7 Å². The molecule has 2 aromatic carbocycles. The number of hydrogen-bond donors (Lipinski definition) is 3. The van der Waals surface area contributed by atoms with Crippen LogP contribution in [0.1, 0.15) is 34.6 Å². The highest BCUT2D eigenvalue weighted by molar-refractivity contribution is 6.07. The summed E-state index contributed by atoms with van der Waals surface area (Å²) in [6, 6.07) is 10.7. The van der Waals surface area contributed by atoms with Crippen LogP contribution in [0.15, 0.2) is 45.6 Å². The second-order valence-corrected chi connectivity index (χ2v) is 6.47. The Morgan fingerprint density at radius 3 is 2.70 bits per heavy atom. The van der Waals surface area contributed by atoms with E-state index in [9.17, 15) is 9.59 Å². The summed E-state index contributed by atoms with van der Waals surface area (Å²) < 4.78 is 11.0. The topological polar surface area (TPSA) is 100 Å². The van der Waals surface area contributed by atoms with Crippen molar-refractivity contribution in [2.45, 2.75) is 19.9 Å². The second kappa shape index (κ2) is 6.35. The average Bonchev–Trinajstić information content (AvgIpc) is 3.17. The van der Waals surface area contributed by atoms with Crippen LogP contribution >= 0.6 is 0 Å². The number of nitrogens with one attached hydrogen (secondary N) is 3. The first-order valence-electron chi connectivity index (χ1n) is 8.56. The van der Waals surface area contributed by atoms with Gasteiger partial charge >= 0.3 is 5.69 Å². The van der Waals surface area contributed by atoms with E-state index < -0.39 is 0 Å². The van der Waals surface area contributed by atoms with Crippen LogP contribution in [0.5, 0.6) is 5.75 Å². The van der Waals surface area contributed by atoms with E-state index in [1.165, 1.54) is 0 Å². The van der Waals surface area contributed by atoms with E-state index in [4.69, 9.17) is 9.15 Å². The summed E-state index contributed by atoms with van der Waals surface area (Å²) in [5.74, 6) is 0.982. The van der Waals surface area contributed by atoms with Crippen molar-refractivity contribution in [2.75, 3.05) is 7.11 Å². The van der Waals surface area contributed by atoms with Gasteiger partial charge in [0.05, 0.1) is 29.7 Å². The summed E-state index contributed by atoms with van der Waals surface area (Å²) in [5.41, 5.74) is 3.19. The number of methoxy groups -OCH3 is 1. The number of amides is 1. The third kappa shape index (κ3) is 2.97. The molecule has 27 heavy (non-hydrogen) atoms. The van der Waals surface area contributed by atoms with E-state index in [2.05, 4.69) is 15.3 Å². The first kappa shape index (κ1) is 17.0. The molecule has 2 heterocycles. The Morgan fingerprint density at radius 1 is 1.15 bits per heavy atom.